The van der Waals surface area contributed by atoms with E-state index < -0.39 is 0 Å². The second kappa shape index (κ2) is 6.76. The van der Waals surface area contributed by atoms with Gasteiger partial charge in [-0.3, -0.25) is 9.80 Å². The summed E-state index contributed by atoms with van der Waals surface area (Å²) in [6.45, 7) is 12.1. The molecule has 0 aliphatic carbocycles. The Labute approximate surface area is 124 Å². The summed E-state index contributed by atoms with van der Waals surface area (Å²) in [4.78, 5) is 5.60. The topological polar surface area (TPSA) is 15.7 Å². The molecule has 116 valence electrons. The predicted octanol–water partition coefficient (Wildman–Crippen LogP) is 2.61. The molecule has 0 saturated carbocycles. The van der Waals surface area contributed by atoms with Crippen LogP contribution in [-0.2, 0) is 4.74 Å². The summed E-state index contributed by atoms with van der Waals surface area (Å²) in [5.41, 5.74) is 0. The molecule has 3 fully saturated rings. The lowest BCUT2D eigenvalue weighted by molar-refractivity contribution is -0.00987. The Kier molecular flexibility index (Phi) is 5.00. The maximum absolute atomic E-state index is 5.53. The van der Waals surface area contributed by atoms with E-state index in [2.05, 4.69) is 23.6 Å². The highest BCUT2D eigenvalue weighted by molar-refractivity contribution is 4.92. The van der Waals surface area contributed by atoms with Gasteiger partial charge in [0.1, 0.15) is 0 Å². The first-order chi connectivity index (χ1) is 9.74. The van der Waals surface area contributed by atoms with Crippen LogP contribution in [0.4, 0.5) is 0 Å². The number of rotatable bonds is 4. The molecule has 0 aromatic carbocycles. The smallest absolute Gasteiger partial charge is 0.0495 e. The summed E-state index contributed by atoms with van der Waals surface area (Å²) in [6.07, 6.45) is 6.91. The fourth-order valence-electron chi connectivity index (χ4n) is 4.32. The zero-order valence-electron chi connectivity index (χ0n) is 13.4. The van der Waals surface area contributed by atoms with Crippen LogP contribution in [0, 0.1) is 11.8 Å². The van der Waals surface area contributed by atoms with E-state index in [1.165, 1.54) is 58.3 Å². The molecule has 3 rings (SSSR count). The Hall–Kier alpha value is -0.120. The van der Waals surface area contributed by atoms with E-state index in [4.69, 9.17) is 4.74 Å². The minimum atomic E-state index is 0.770. The van der Waals surface area contributed by atoms with Gasteiger partial charge in [0.15, 0.2) is 0 Å². The second-order valence-electron chi connectivity index (χ2n) is 7.47. The van der Waals surface area contributed by atoms with Gasteiger partial charge < -0.3 is 4.74 Å². The van der Waals surface area contributed by atoms with E-state index in [9.17, 15) is 0 Å². The quantitative estimate of drug-likeness (QED) is 0.787. The maximum Gasteiger partial charge on any atom is 0.0495 e. The van der Waals surface area contributed by atoms with Crippen molar-refractivity contribution in [3.05, 3.63) is 0 Å². The zero-order chi connectivity index (χ0) is 13.9. The summed E-state index contributed by atoms with van der Waals surface area (Å²) in [5.74, 6) is 1.60. The third-order valence-corrected chi connectivity index (χ3v) is 5.70. The van der Waals surface area contributed by atoms with Crippen molar-refractivity contribution in [3.63, 3.8) is 0 Å². The maximum atomic E-state index is 5.53. The number of nitrogens with zero attached hydrogens (tertiary/aromatic N) is 2. The zero-order valence-corrected chi connectivity index (χ0v) is 13.4. The van der Waals surface area contributed by atoms with E-state index in [0.29, 0.717) is 0 Å². The minimum absolute atomic E-state index is 0.770. The van der Waals surface area contributed by atoms with Gasteiger partial charge in [0.2, 0.25) is 0 Å². The SMILES string of the molecule is CC(C)C1CN2CCCCC2CN1CCC1CCOC1. The van der Waals surface area contributed by atoms with Crippen molar-refractivity contribution in [2.45, 2.75) is 58.0 Å². The average Bonchev–Trinajstić information content (AvgIpc) is 2.97. The molecule has 3 aliphatic heterocycles. The molecule has 0 aromatic rings. The molecule has 0 spiro atoms. The molecule has 3 atom stereocenters. The van der Waals surface area contributed by atoms with Gasteiger partial charge in [-0.1, -0.05) is 20.3 Å². The van der Waals surface area contributed by atoms with E-state index in [-0.39, 0.29) is 0 Å². The van der Waals surface area contributed by atoms with Crippen LogP contribution in [0.5, 0.6) is 0 Å². The van der Waals surface area contributed by atoms with Crippen molar-refractivity contribution < 1.29 is 4.74 Å². The normalized spacial score (nSPS) is 36.5. The van der Waals surface area contributed by atoms with E-state index in [0.717, 1.165) is 37.1 Å². The van der Waals surface area contributed by atoms with E-state index in [1.807, 2.05) is 0 Å². The molecule has 3 nitrogen and oxygen atoms in total. The van der Waals surface area contributed by atoms with Crippen LogP contribution in [0.1, 0.15) is 46.0 Å². The van der Waals surface area contributed by atoms with Crippen LogP contribution in [0.3, 0.4) is 0 Å². The number of hydrogen-bond acceptors (Lipinski definition) is 3. The van der Waals surface area contributed by atoms with Gasteiger partial charge in [0.25, 0.3) is 0 Å². The van der Waals surface area contributed by atoms with Crippen molar-refractivity contribution >= 4 is 0 Å². The molecular formula is C17H32N2O. The molecule has 3 aliphatic rings. The lowest BCUT2D eigenvalue weighted by atomic mass is 9.91. The molecule has 0 bridgehead atoms. The third kappa shape index (κ3) is 3.37. The van der Waals surface area contributed by atoms with Gasteiger partial charge in [-0.05, 0) is 50.6 Å². The minimum Gasteiger partial charge on any atom is -0.381 e. The molecular weight excluding hydrogens is 248 g/mol. The highest BCUT2D eigenvalue weighted by atomic mass is 16.5. The molecule has 0 amide bonds. The molecule has 0 radical (unpaired) electrons. The lowest BCUT2D eigenvalue weighted by Crippen LogP contribution is -2.61. The van der Waals surface area contributed by atoms with Crippen LogP contribution in [0.2, 0.25) is 0 Å². The van der Waals surface area contributed by atoms with Crippen molar-refractivity contribution in [2.24, 2.45) is 11.8 Å². The van der Waals surface area contributed by atoms with Gasteiger partial charge in [0.05, 0.1) is 0 Å². The first-order valence-corrected chi connectivity index (χ1v) is 8.80. The Morgan fingerprint density at radius 3 is 2.80 bits per heavy atom. The predicted molar refractivity (Wildman–Crippen MR) is 83.0 cm³/mol. The molecule has 3 heterocycles. The summed E-state index contributed by atoms with van der Waals surface area (Å²) in [5, 5.41) is 0. The summed E-state index contributed by atoms with van der Waals surface area (Å²) < 4.78 is 5.53. The number of hydrogen-bond donors (Lipinski definition) is 0. The third-order valence-electron chi connectivity index (χ3n) is 5.70. The van der Waals surface area contributed by atoms with Gasteiger partial charge in [-0.25, -0.2) is 0 Å². The van der Waals surface area contributed by atoms with Crippen LogP contribution >= 0.6 is 0 Å². The van der Waals surface area contributed by atoms with Gasteiger partial charge in [0, 0.05) is 38.4 Å². The second-order valence-corrected chi connectivity index (χ2v) is 7.47. The lowest BCUT2D eigenvalue weighted by Gasteiger charge is -2.50. The standard InChI is InChI=1S/C17H32N2O/c1-14(2)17-12-18-8-4-3-5-16(18)11-19(17)9-6-15-7-10-20-13-15/h14-17H,3-13H2,1-2H3. The number of fused-ring (bicyclic) bond motifs is 1. The van der Waals surface area contributed by atoms with Crippen LogP contribution < -0.4 is 0 Å². The Morgan fingerprint density at radius 1 is 1.15 bits per heavy atom. The van der Waals surface area contributed by atoms with Crippen molar-refractivity contribution in [1.82, 2.24) is 9.80 Å². The van der Waals surface area contributed by atoms with E-state index >= 15 is 0 Å². The van der Waals surface area contributed by atoms with E-state index in [1.54, 1.807) is 0 Å². The Balaban J connectivity index is 1.57. The van der Waals surface area contributed by atoms with Crippen molar-refractivity contribution in [1.29, 1.82) is 0 Å². The van der Waals surface area contributed by atoms with Crippen LogP contribution in [0.15, 0.2) is 0 Å². The fraction of sp³-hybridized carbons (Fsp3) is 1.00. The molecule has 3 unspecified atom stereocenters. The van der Waals surface area contributed by atoms with Gasteiger partial charge in [-0.2, -0.15) is 0 Å². The fourth-order valence-corrected chi connectivity index (χ4v) is 4.32. The molecule has 0 aromatic heterocycles. The van der Waals surface area contributed by atoms with Crippen molar-refractivity contribution in [2.75, 3.05) is 39.4 Å². The summed E-state index contributed by atoms with van der Waals surface area (Å²) in [6, 6.07) is 1.62. The largest absolute Gasteiger partial charge is 0.381 e. The molecule has 0 N–H and O–H groups in total. The Bertz CT molecular complexity index is 301. The number of piperidine rings is 1. The Morgan fingerprint density at radius 2 is 2.05 bits per heavy atom. The first kappa shape index (κ1) is 14.8. The highest BCUT2D eigenvalue weighted by Gasteiger charge is 2.36. The van der Waals surface area contributed by atoms with Gasteiger partial charge >= 0.3 is 0 Å². The monoisotopic (exact) mass is 280 g/mol. The molecule has 3 heteroatoms. The van der Waals surface area contributed by atoms with Crippen LogP contribution in [0.25, 0.3) is 0 Å². The summed E-state index contributed by atoms with van der Waals surface area (Å²) in [7, 11) is 0. The van der Waals surface area contributed by atoms with Gasteiger partial charge in [-0.15, -0.1) is 0 Å². The van der Waals surface area contributed by atoms with Crippen LogP contribution in [-0.4, -0.2) is 61.3 Å². The average molecular weight is 280 g/mol. The van der Waals surface area contributed by atoms with Crippen molar-refractivity contribution in [3.8, 4) is 0 Å². The first-order valence-electron chi connectivity index (χ1n) is 8.80. The number of ether oxygens (including phenoxy) is 1. The number of piperazine rings is 1. The summed E-state index contributed by atoms with van der Waals surface area (Å²) >= 11 is 0. The molecule has 3 saturated heterocycles. The molecule has 20 heavy (non-hydrogen) atoms. The highest BCUT2D eigenvalue weighted by Crippen LogP contribution is 2.28.